The predicted molar refractivity (Wildman–Crippen MR) is 121 cm³/mol. The van der Waals surface area contributed by atoms with E-state index in [2.05, 4.69) is 40.9 Å². The smallest absolute Gasteiger partial charge is 0.309 e. The second-order valence-electron chi connectivity index (χ2n) is 8.65. The van der Waals surface area contributed by atoms with Gasteiger partial charge in [0.05, 0.1) is 11.9 Å². The molecule has 0 bridgehead atoms. The second kappa shape index (κ2) is 8.77. The molecule has 3 aromatic heterocycles. The molecule has 2 N–H and O–H groups in total. The summed E-state index contributed by atoms with van der Waals surface area (Å²) in [7, 11) is 1.84. The minimum Gasteiger partial charge on any atom is -0.416 e. The number of nitrogens with zero attached hydrogens (tertiary/aromatic N) is 7. The summed E-state index contributed by atoms with van der Waals surface area (Å²) >= 11 is 0. The highest BCUT2D eigenvalue weighted by molar-refractivity contribution is 5.89. The van der Waals surface area contributed by atoms with Gasteiger partial charge in [-0.3, -0.25) is 9.48 Å². The van der Waals surface area contributed by atoms with Gasteiger partial charge in [0.2, 0.25) is 11.8 Å². The van der Waals surface area contributed by atoms with Gasteiger partial charge in [-0.05, 0) is 24.1 Å². The van der Waals surface area contributed by atoms with Crippen LogP contribution in [0.15, 0.2) is 41.3 Å². The topological polar surface area (TPSA) is 137 Å². The average molecular weight is 448 g/mol. The van der Waals surface area contributed by atoms with Crippen molar-refractivity contribution in [1.82, 2.24) is 40.2 Å². The molecule has 0 atom stereocenters. The number of rotatable bonds is 6. The summed E-state index contributed by atoms with van der Waals surface area (Å²) in [6.07, 6.45) is 4.98. The van der Waals surface area contributed by atoms with E-state index < -0.39 is 5.91 Å². The average Bonchev–Trinajstić information content (AvgIpc) is 3.42. The zero-order valence-corrected chi connectivity index (χ0v) is 19.1. The standard InChI is InChI=1S/C22H25N9O2/c1-13-8-14(17-24-12-25-21(28-17)27-16-10-26-31(5)11-16)6-7-15(13)9-23-18(32)19-29-30-20(33-19)22(2,3)4/h6-8,10-12H,9H2,1-5H3,(H,23,32)(H,24,25,27,28). The van der Waals surface area contributed by atoms with Gasteiger partial charge < -0.3 is 15.1 Å². The molecule has 0 saturated carbocycles. The van der Waals surface area contributed by atoms with E-state index in [1.54, 1.807) is 10.9 Å². The molecule has 0 fully saturated rings. The normalized spacial score (nSPS) is 11.4. The van der Waals surface area contributed by atoms with Crippen LogP contribution < -0.4 is 10.6 Å². The van der Waals surface area contributed by atoms with Gasteiger partial charge in [-0.15, -0.1) is 10.2 Å². The summed E-state index contributed by atoms with van der Waals surface area (Å²) in [5.74, 6) is 0.924. The number of benzene rings is 1. The monoisotopic (exact) mass is 447 g/mol. The molecule has 1 amide bonds. The van der Waals surface area contributed by atoms with Gasteiger partial charge in [-0.1, -0.05) is 32.9 Å². The quantitative estimate of drug-likeness (QED) is 0.457. The lowest BCUT2D eigenvalue weighted by Crippen LogP contribution is -2.23. The molecule has 33 heavy (non-hydrogen) atoms. The molecule has 3 heterocycles. The number of aryl methyl sites for hydroxylation is 2. The van der Waals surface area contributed by atoms with Crippen LogP contribution in [0.5, 0.6) is 0 Å². The number of hydrogen-bond acceptors (Lipinski definition) is 9. The summed E-state index contributed by atoms with van der Waals surface area (Å²) in [5.41, 5.74) is 3.24. The molecule has 0 unspecified atom stereocenters. The Morgan fingerprint density at radius 1 is 1.18 bits per heavy atom. The van der Waals surface area contributed by atoms with Crippen molar-refractivity contribution in [3.05, 3.63) is 59.8 Å². The van der Waals surface area contributed by atoms with E-state index in [-0.39, 0.29) is 11.3 Å². The van der Waals surface area contributed by atoms with Crippen LogP contribution in [0.25, 0.3) is 11.4 Å². The van der Waals surface area contributed by atoms with E-state index in [9.17, 15) is 4.79 Å². The van der Waals surface area contributed by atoms with E-state index in [0.29, 0.717) is 24.2 Å². The summed E-state index contributed by atoms with van der Waals surface area (Å²) in [4.78, 5) is 25.3. The van der Waals surface area contributed by atoms with Crippen molar-refractivity contribution in [3.8, 4) is 11.4 Å². The lowest BCUT2D eigenvalue weighted by molar-refractivity contribution is 0.0912. The van der Waals surface area contributed by atoms with Crippen LogP contribution >= 0.6 is 0 Å². The first-order valence-electron chi connectivity index (χ1n) is 10.4. The maximum atomic E-state index is 12.4. The Bertz CT molecular complexity index is 1290. The van der Waals surface area contributed by atoms with Crippen molar-refractivity contribution >= 4 is 17.5 Å². The van der Waals surface area contributed by atoms with E-state index in [0.717, 1.165) is 22.4 Å². The molecule has 0 saturated heterocycles. The third kappa shape index (κ3) is 5.20. The Balaban J connectivity index is 1.43. The van der Waals surface area contributed by atoms with Gasteiger partial charge in [-0.2, -0.15) is 10.1 Å². The summed E-state index contributed by atoms with van der Waals surface area (Å²) in [5, 5.41) is 17.8. The molecule has 0 aliphatic heterocycles. The van der Waals surface area contributed by atoms with Gasteiger partial charge in [0.25, 0.3) is 0 Å². The van der Waals surface area contributed by atoms with E-state index in [1.807, 2.05) is 59.1 Å². The highest BCUT2D eigenvalue weighted by Crippen LogP contribution is 2.22. The molecule has 1 aromatic carbocycles. The predicted octanol–water partition coefficient (Wildman–Crippen LogP) is 2.93. The molecular weight excluding hydrogens is 422 g/mol. The highest BCUT2D eigenvalue weighted by atomic mass is 16.4. The SMILES string of the molecule is Cc1cc(-c2ncnc(Nc3cnn(C)c3)n2)ccc1CNC(=O)c1nnc(C(C)(C)C)o1. The maximum Gasteiger partial charge on any atom is 0.309 e. The minimum absolute atomic E-state index is 0.0481. The van der Waals surface area contributed by atoms with Crippen LogP contribution in [-0.4, -0.2) is 40.8 Å². The van der Waals surface area contributed by atoms with Crippen molar-refractivity contribution < 1.29 is 9.21 Å². The number of carbonyl (C=O) groups is 1. The fourth-order valence-electron chi connectivity index (χ4n) is 3.01. The Morgan fingerprint density at radius 3 is 2.67 bits per heavy atom. The zero-order chi connectivity index (χ0) is 23.6. The lowest BCUT2D eigenvalue weighted by atomic mass is 9.97. The van der Waals surface area contributed by atoms with Gasteiger partial charge in [0.15, 0.2) is 5.82 Å². The zero-order valence-electron chi connectivity index (χ0n) is 19.1. The Labute approximate surface area is 190 Å². The van der Waals surface area contributed by atoms with Gasteiger partial charge in [0, 0.05) is 30.8 Å². The van der Waals surface area contributed by atoms with Crippen molar-refractivity contribution in [2.24, 2.45) is 7.05 Å². The molecule has 11 nitrogen and oxygen atoms in total. The molecule has 11 heteroatoms. The largest absolute Gasteiger partial charge is 0.416 e. The first kappa shape index (κ1) is 22.1. The van der Waals surface area contributed by atoms with Gasteiger partial charge in [-0.25, -0.2) is 9.97 Å². The first-order chi connectivity index (χ1) is 15.7. The summed E-state index contributed by atoms with van der Waals surface area (Å²) in [6.45, 7) is 8.11. The van der Waals surface area contributed by atoms with Crippen molar-refractivity contribution in [1.29, 1.82) is 0 Å². The molecule has 170 valence electrons. The fraction of sp³-hybridized carbons (Fsp3) is 0.318. The molecule has 0 radical (unpaired) electrons. The Kier molecular flexibility index (Phi) is 5.86. The number of hydrogen-bond donors (Lipinski definition) is 2. The molecule has 4 rings (SSSR count). The van der Waals surface area contributed by atoms with Crippen LogP contribution in [0.4, 0.5) is 11.6 Å². The Hall–Kier alpha value is -4.15. The number of anilines is 2. The number of nitrogens with one attached hydrogen (secondary N) is 2. The van der Waals surface area contributed by atoms with Crippen LogP contribution in [0, 0.1) is 6.92 Å². The Morgan fingerprint density at radius 2 is 2.00 bits per heavy atom. The van der Waals surface area contributed by atoms with Crippen LogP contribution in [0.3, 0.4) is 0 Å². The molecule has 0 spiro atoms. The number of carbonyl (C=O) groups excluding carboxylic acids is 1. The maximum absolute atomic E-state index is 12.4. The van der Waals surface area contributed by atoms with Crippen LogP contribution in [-0.2, 0) is 19.0 Å². The van der Waals surface area contributed by atoms with Gasteiger partial charge in [0.1, 0.15) is 6.33 Å². The lowest BCUT2D eigenvalue weighted by Gasteiger charge is -2.11. The molecule has 0 aliphatic rings. The van der Waals surface area contributed by atoms with Crippen molar-refractivity contribution in [2.45, 2.75) is 39.7 Å². The fourth-order valence-corrected chi connectivity index (χ4v) is 3.01. The second-order valence-corrected chi connectivity index (χ2v) is 8.65. The van der Waals surface area contributed by atoms with E-state index in [4.69, 9.17) is 4.42 Å². The summed E-state index contributed by atoms with van der Waals surface area (Å²) in [6, 6.07) is 5.80. The van der Waals surface area contributed by atoms with Crippen molar-refractivity contribution in [2.75, 3.05) is 5.32 Å². The van der Waals surface area contributed by atoms with E-state index >= 15 is 0 Å². The molecule has 4 aromatic rings. The molecule has 0 aliphatic carbocycles. The van der Waals surface area contributed by atoms with Crippen LogP contribution in [0.2, 0.25) is 0 Å². The van der Waals surface area contributed by atoms with Gasteiger partial charge >= 0.3 is 11.8 Å². The van der Waals surface area contributed by atoms with E-state index in [1.165, 1.54) is 6.33 Å². The first-order valence-corrected chi connectivity index (χ1v) is 10.4. The third-order valence-corrected chi connectivity index (χ3v) is 4.83. The minimum atomic E-state index is -0.412. The number of amides is 1. The summed E-state index contributed by atoms with van der Waals surface area (Å²) < 4.78 is 7.18. The highest BCUT2D eigenvalue weighted by Gasteiger charge is 2.24. The molecular formula is C22H25N9O2. The third-order valence-electron chi connectivity index (χ3n) is 4.83. The number of aromatic nitrogens is 7. The van der Waals surface area contributed by atoms with Crippen molar-refractivity contribution in [3.63, 3.8) is 0 Å². The van der Waals surface area contributed by atoms with Crippen LogP contribution in [0.1, 0.15) is 48.5 Å².